The highest BCUT2D eigenvalue weighted by atomic mass is 32.2. The van der Waals surface area contributed by atoms with Crippen molar-refractivity contribution in [3.8, 4) is 0 Å². The second-order valence-electron chi connectivity index (χ2n) is 7.62. The van der Waals surface area contributed by atoms with Crippen molar-refractivity contribution >= 4 is 38.6 Å². The minimum Gasteiger partial charge on any atom is -0.458 e. The summed E-state index contributed by atoms with van der Waals surface area (Å²) in [5.74, 6) is -1.94. The van der Waals surface area contributed by atoms with Gasteiger partial charge in [-0.05, 0) is 29.7 Å². The molecule has 3 rings (SSSR count). The number of carbonyl (C=O) groups is 2. The fraction of sp³-hybridized carbons (Fsp3) is 0.400. The Morgan fingerprint density at radius 1 is 1.15 bits per heavy atom. The maximum absolute atomic E-state index is 13.2. The fourth-order valence-electron chi connectivity index (χ4n) is 3.44. The van der Waals surface area contributed by atoms with Crippen molar-refractivity contribution in [3.63, 3.8) is 0 Å². The van der Waals surface area contributed by atoms with Crippen molar-refractivity contribution in [1.29, 1.82) is 0 Å². The molecule has 0 aromatic heterocycles. The first-order valence-corrected chi connectivity index (χ1v) is 11.4. The van der Waals surface area contributed by atoms with Crippen LogP contribution in [0.4, 0.5) is 19.3 Å². The molecular formula is C20H20F2N2O9S. The number of rotatable bonds is 7. The number of nitrogens with zero attached hydrogens (tertiary/aromatic N) is 2. The summed E-state index contributed by atoms with van der Waals surface area (Å²) in [6.45, 7) is -2.13. The van der Waals surface area contributed by atoms with Crippen LogP contribution in [0.2, 0.25) is 0 Å². The lowest BCUT2D eigenvalue weighted by atomic mass is 9.97. The van der Waals surface area contributed by atoms with E-state index in [2.05, 4.69) is 4.74 Å². The zero-order chi connectivity index (χ0) is 25.1. The number of alkyl halides is 2. The number of amides is 1. The van der Waals surface area contributed by atoms with Gasteiger partial charge in [-0.25, -0.2) is 4.79 Å². The summed E-state index contributed by atoms with van der Waals surface area (Å²) < 4.78 is 65.5. The lowest BCUT2D eigenvalue weighted by Crippen LogP contribution is -2.42. The van der Waals surface area contributed by atoms with Gasteiger partial charge in [0.25, 0.3) is 5.69 Å². The van der Waals surface area contributed by atoms with E-state index in [1.54, 1.807) is 30.3 Å². The number of hydrogen-bond donors (Lipinski definition) is 1. The van der Waals surface area contributed by atoms with Gasteiger partial charge in [0.1, 0.15) is 6.61 Å². The molecule has 0 aliphatic carbocycles. The fourth-order valence-corrected chi connectivity index (χ4v) is 3.64. The third kappa shape index (κ3) is 5.75. The van der Waals surface area contributed by atoms with Crippen LogP contribution in [0.25, 0.3) is 10.8 Å². The Labute approximate surface area is 192 Å². The van der Waals surface area contributed by atoms with Crippen molar-refractivity contribution in [3.05, 3.63) is 52.1 Å². The number of carbonyl (C=O) groups excluding carboxylic acids is 2. The van der Waals surface area contributed by atoms with Gasteiger partial charge < -0.3 is 14.4 Å². The number of nitro groups is 1. The molecule has 1 aliphatic rings. The third-order valence-corrected chi connectivity index (χ3v) is 6.21. The Morgan fingerprint density at radius 2 is 1.74 bits per heavy atom. The summed E-state index contributed by atoms with van der Waals surface area (Å²) >= 11 is 0. The van der Waals surface area contributed by atoms with Crippen molar-refractivity contribution < 1.29 is 45.7 Å². The van der Waals surface area contributed by atoms with Gasteiger partial charge in [0.05, 0.1) is 16.4 Å². The van der Waals surface area contributed by atoms with Gasteiger partial charge >= 0.3 is 27.4 Å². The zero-order valence-electron chi connectivity index (χ0n) is 17.6. The minimum atomic E-state index is -5.72. The van der Waals surface area contributed by atoms with E-state index in [1.807, 2.05) is 0 Å². The number of fused-ring (bicyclic) bond motifs is 1. The molecule has 1 heterocycles. The number of likely N-dealkylation sites (tertiary alicyclic amines) is 1. The van der Waals surface area contributed by atoms with Crippen molar-refractivity contribution in [2.45, 2.75) is 24.7 Å². The molecule has 0 spiro atoms. The molecule has 1 aliphatic heterocycles. The van der Waals surface area contributed by atoms with E-state index in [4.69, 9.17) is 9.29 Å². The molecule has 11 nitrogen and oxygen atoms in total. The van der Waals surface area contributed by atoms with Crippen molar-refractivity contribution in [1.82, 2.24) is 4.90 Å². The molecule has 2 aromatic carbocycles. The van der Waals surface area contributed by atoms with Crippen LogP contribution in [-0.4, -0.2) is 59.8 Å². The molecule has 0 atom stereocenters. The predicted octanol–water partition coefficient (Wildman–Crippen LogP) is 3.12. The molecule has 0 radical (unpaired) electrons. The molecule has 0 unspecified atom stereocenters. The van der Waals surface area contributed by atoms with Gasteiger partial charge in [-0.1, -0.05) is 24.3 Å². The predicted molar refractivity (Wildman–Crippen MR) is 113 cm³/mol. The molecule has 0 saturated carbocycles. The Balaban J connectivity index is 1.54. The number of ether oxygens (including phenoxy) is 2. The molecule has 184 valence electrons. The van der Waals surface area contributed by atoms with E-state index in [-0.39, 0.29) is 43.8 Å². The average Bonchev–Trinajstić information content (AvgIpc) is 2.79. The Bertz CT molecular complexity index is 1210. The Kier molecular flexibility index (Phi) is 7.31. The van der Waals surface area contributed by atoms with Crippen LogP contribution in [0, 0.1) is 16.0 Å². The van der Waals surface area contributed by atoms with E-state index < -0.39 is 44.9 Å². The van der Waals surface area contributed by atoms with E-state index in [1.165, 1.54) is 11.0 Å². The molecule has 1 fully saturated rings. The smallest absolute Gasteiger partial charge is 0.410 e. The summed E-state index contributed by atoms with van der Waals surface area (Å²) in [5, 5.41) is 8.17. The summed E-state index contributed by atoms with van der Waals surface area (Å²) in [6, 6.07) is 9.94. The van der Waals surface area contributed by atoms with Gasteiger partial charge in [-0.3, -0.25) is 19.5 Å². The molecule has 1 N–H and O–H groups in total. The van der Waals surface area contributed by atoms with Crippen LogP contribution in [0.15, 0.2) is 36.4 Å². The SMILES string of the molecule is O=C(OCC(F)(F)S(=O)(=O)O)C1CCN(C(=O)OCc2cc3ccccc3cc2[N+](=O)[O-])CC1. The summed E-state index contributed by atoms with van der Waals surface area (Å²) in [5.41, 5.74) is 0.00456. The lowest BCUT2D eigenvalue weighted by molar-refractivity contribution is -0.385. The molecular weight excluding hydrogens is 482 g/mol. The molecule has 1 amide bonds. The van der Waals surface area contributed by atoms with Crippen LogP contribution < -0.4 is 0 Å². The van der Waals surface area contributed by atoms with Crippen molar-refractivity contribution in [2.75, 3.05) is 19.7 Å². The van der Waals surface area contributed by atoms with Gasteiger partial charge in [0.2, 0.25) is 0 Å². The first-order valence-electron chi connectivity index (χ1n) is 9.98. The highest BCUT2D eigenvalue weighted by molar-refractivity contribution is 7.86. The number of halogens is 2. The maximum atomic E-state index is 13.2. The first kappa shape index (κ1) is 25.2. The number of piperidine rings is 1. The molecule has 2 aromatic rings. The van der Waals surface area contributed by atoms with E-state index in [0.717, 1.165) is 5.39 Å². The zero-order valence-corrected chi connectivity index (χ0v) is 18.4. The second-order valence-corrected chi connectivity index (χ2v) is 9.17. The van der Waals surface area contributed by atoms with Crippen LogP contribution in [-0.2, 0) is 31.0 Å². The van der Waals surface area contributed by atoms with Crippen LogP contribution in [0.3, 0.4) is 0 Å². The number of esters is 1. The number of hydrogen-bond acceptors (Lipinski definition) is 8. The number of nitro benzene ring substituents is 1. The second kappa shape index (κ2) is 9.85. The standard InChI is InChI=1S/C20H20F2N2O9S/c21-20(22,34(29,30)31)12-33-18(25)13-5-7-23(8-6-13)19(26)32-11-16-9-14-3-1-2-4-15(14)10-17(16)24(27)28/h1-4,9-10,13H,5-8,11-12H2,(H,29,30,31). The summed E-state index contributed by atoms with van der Waals surface area (Å²) in [6.07, 6.45) is -0.685. The molecule has 14 heteroatoms. The normalized spacial score (nSPS) is 15.2. The summed E-state index contributed by atoms with van der Waals surface area (Å²) in [4.78, 5) is 36.4. The average molecular weight is 502 g/mol. The molecule has 0 bridgehead atoms. The minimum absolute atomic E-state index is 0.0209. The van der Waals surface area contributed by atoms with Crippen LogP contribution in [0.1, 0.15) is 18.4 Å². The van der Waals surface area contributed by atoms with E-state index in [9.17, 15) is 36.9 Å². The van der Waals surface area contributed by atoms with Gasteiger partial charge in [0.15, 0.2) is 6.61 Å². The first-order chi connectivity index (χ1) is 15.9. The third-order valence-electron chi connectivity index (χ3n) is 5.34. The highest BCUT2D eigenvalue weighted by Gasteiger charge is 2.46. The monoisotopic (exact) mass is 502 g/mol. The van der Waals surface area contributed by atoms with Crippen LogP contribution in [0.5, 0.6) is 0 Å². The van der Waals surface area contributed by atoms with E-state index in [0.29, 0.717) is 5.39 Å². The quantitative estimate of drug-likeness (QED) is 0.260. The molecule has 1 saturated heterocycles. The van der Waals surface area contributed by atoms with Gasteiger partial charge in [-0.15, -0.1) is 0 Å². The van der Waals surface area contributed by atoms with E-state index >= 15 is 0 Å². The Hall–Kier alpha value is -3.39. The summed E-state index contributed by atoms with van der Waals surface area (Å²) in [7, 11) is -5.72. The van der Waals surface area contributed by atoms with Gasteiger partial charge in [0, 0.05) is 19.2 Å². The lowest BCUT2D eigenvalue weighted by Gasteiger charge is -2.30. The maximum Gasteiger partial charge on any atom is 0.410 e. The van der Waals surface area contributed by atoms with Crippen molar-refractivity contribution in [2.24, 2.45) is 5.92 Å². The highest BCUT2D eigenvalue weighted by Crippen LogP contribution is 2.27. The van der Waals surface area contributed by atoms with Gasteiger partial charge in [-0.2, -0.15) is 17.2 Å². The van der Waals surface area contributed by atoms with Crippen LogP contribution >= 0.6 is 0 Å². The topological polar surface area (TPSA) is 153 Å². The largest absolute Gasteiger partial charge is 0.458 e. The Morgan fingerprint density at radius 3 is 2.29 bits per heavy atom. The number of benzene rings is 2. The molecule has 34 heavy (non-hydrogen) atoms.